The number of carboxylic acid groups (broad SMARTS) is 1. The SMILES string of the molecule is CCC(C)C(N)C(=O)NC(C)C(=O)NC(CS)C(=O)NC(Cc1ccc(O)cc1)C(=O)O. The molecule has 0 aromatic heterocycles. The summed E-state index contributed by atoms with van der Waals surface area (Å²) in [6, 6.07) is 1.82. The number of phenolic OH excluding ortho intramolecular Hbond substituents is 1. The number of carboxylic acids is 1. The second kappa shape index (κ2) is 12.9. The van der Waals surface area contributed by atoms with Crippen LogP contribution in [0.15, 0.2) is 24.3 Å². The number of phenols is 1. The van der Waals surface area contributed by atoms with Crippen molar-refractivity contribution >= 4 is 36.3 Å². The molecule has 5 atom stereocenters. The molecule has 11 heteroatoms. The molecule has 3 amide bonds. The second-order valence-corrected chi connectivity index (χ2v) is 8.02. The van der Waals surface area contributed by atoms with Gasteiger partial charge >= 0.3 is 5.97 Å². The van der Waals surface area contributed by atoms with Gasteiger partial charge in [0.25, 0.3) is 0 Å². The number of nitrogens with two attached hydrogens (primary N) is 1. The first kappa shape index (κ1) is 27.2. The third-order valence-electron chi connectivity index (χ3n) is 5.12. The van der Waals surface area contributed by atoms with Crippen molar-refractivity contribution < 1.29 is 29.4 Å². The van der Waals surface area contributed by atoms with Crippen LogP contribution in [0.5, 0.6) is 5.75 Å². The van der Waals surface area contributed by atoms with Gasteiger partial charge in [0, 0.05) is 12.2 Å². The molecule has 1 aromatic carbocycles. The highest BCUT2D eigenvalue weighted by atomic mass is 32.1. The molecule has 1 rings (SSSR count). The van der Waals surface area contributed by atoms with Crippen LogP contribution in [0, 0.1) is 5.92 Å². The Kier molecular flexibility index (Phi) is 11.0. The van der Waals surface area contributed by atoms with Gasteiger partial charge in [-0.1, -0.05) is 32.4 Å². The normalized spacial score (nSPS) is 15.5. The standard InChI is InChI=1S/C21H32N4O6S/c1-4-11(2)17(22)20(29)23-12(3)18(27)25-16(10-32)19(28)24-15(21(30)31)9-13-5-7-14(26)8-6-13/h5-8,11-12,15-17,26,32H,4,9-10,22H2,1-3H3,(H,23,29)(H,24,28)(H,25,27)(H,30,31). The molecule has 0 bridgehead atoms. The quantitative estimate of drug-likeness (QED) is 0.208. The van der Waals surface area contributed by atoms with Gasteiger partial charge in [0.05, 0.1) is 6.04 Å². The zero-order valence-corrected chi connectivity index (χ0v) is 19.3. The molecule has 0 saturated heterocycles. The number of nitrogens with one attached hydrogen (secondary N) is 3. The average Bonchev–Trinajstić information content (AvgIpc) is 2.76. The van der Waals surface area contributed by atoms with Crippen LogP contribution < -0.4 is 21.7 Å². The Labute approximate surface area is 192 Å². The summed E-state index contributed by atoms with van der Waals surface area (Å²) in [5.41, 5.74) is 6.45. The molecule has 1 aromatic rings. The number of hydrogen-bond donors (Lipinski definition) is 7. The van der Waals surface area contributed by atoms with Crippen molar-refractivity contribution in [1.29, 1.82) is 0 Å². The molecule has 5 unspecified atom stereocenters. The molecule has 7 N–H and O–H groups in total. The van der Waals surface area contributed by atoms with E-state index in [-0.39, 0.29) is 23.8 Å². The Bertz CT molecular complexity index is 804. The fourth-order valence-electron chi connectivity index (χ4n) is 2.72. The third kappa shape index (κ3) is 8.39. The van der Waals surface area contributed by atoms with E-state index in [0.717, 1.165) is 0 Å². The average molecular weight is 469 g/mol. The lowest BCUT2D eigenvalue weighted by Crippen LogP contribution is -2.57. The predicted octanol–water partition coefficient (Wildman–Crippen LogP) is -0.203. The number of rotatable bonds is 12. The summed E-state index contributed by atoms with van der Waals surface area (Å²) in [6.45, 7) is 5.18. The molecule has 0 aliphatic heterocycles. The van der Waals surface area contributed by atoms with Crippen molar-refractivity contribution in [2.24, 2.45) is 11.7 Å². The van der Waals surface area contributed by atoms with E-state index in [9.17, 15) is 29.4 Å². The highest BCUT2D eigenvalue weighted by molar-refractivity contribution is 7.80. The number of aromatic hydroxyl groups is 1. The van der Waals surface area contributed by atoms with Crippen LogP contribution in [0.2, 0.25) is 0 Å². The van der Waals surface area contributed by atoms with E-state index in [1.54, 1.807) is 12.1 Å². The van der Waals surface area contributed by atoms with Gasteiger partial charge in [-0.25, -0.2) is 4.79 Å². The van der Waals surface area contributed by atoms with E-state index in [1.165, 1.54) is 19.1 Å². The number of thiol groups is 1. The minimum Gasteiger partial charge on any atom is -0.508 e. The summed E-state index contributed by atoms with van der Waals surface area (Å²) >= 11 is 4.07. The van der Waals surface area contributed by atoms with E-state index < -0.39 is 47.9 Å². The number of hydrogen-bond acceptors (Lipinski definition) is 7. The molecule has 32 heavy (non-hydrogen) atoms. The van der Waals surface area contributed by atoms with Crippen molar-refractivity contribution in [2.75, 3.05) is 5.75 Å². The minimum absolute atomic E-state index is 0.0193. The van der Waals surface area contributed by atoms with Crippen LogP contribution in [0.1, 0.15) is 32.8 Å². The smallest absolute Gasteiger partial charge is 0.326 e. The van der Waals surface area contributed by atoms with Gasteiger partial charge in [-0.05, 0) is 30.5 Å². The maximum Gasteiger partial charge on any atom is 0.326 e. The van der Waals surface area contributed by atoms with Crippen LogP contribution >= 0.6 is 12.6 Å². The molecular weight excluding hydrogens is 436 g/mol. The zero-order valence-electron chi connectivity index (χ0n) is 18.4. The first-order valence-electron chi connectivity index (χ1n) is 10.3. The van der Waals surface area contributed by atoms with Gasteiger partial charge in [-0.3, -0.25) is 14.4 Å². The number of amides is 3. The van der Waals surface area contributed by atoms with Crippen molar-refractivity contribution in [3.05, 3.63) is 29.8 Å². The van der Waals surface area contributed by atoms with Gasteiger partial charge in [0.1, 0.15) is 23.9 Å². The van der Waals surface area contributed by atoms with Gasteiger partial charge in [-0.15, -0.1) is 0 Å². The molecule has 0 fully saturated rings. The summed E-state index contributed by atoms with van der Waals surface area (Å²) < 4.78 is 0. The summed E-state index contributed by atoms with van der Waals surface area (Å²) in [7, 11) is 0. The lowest BCUT2D eigenvalue weighted by molar-refractivity contribution is -0.142. The molecular formula is C21H32N4O6S. The fraction of sp³-hybridized carbons (Fsp3) is 0.524. The summed E-state index contributed by atoms with van der Waals surface area (Å²) in [6.07, 6.45) is 0.681. The van der Waals surface area contributed by atoms with E-state index in [0.29, 0.717) is 12.0 Å². The topological polar surface area (TPSA) is 171 Å². The molecule has 0 spiro atoms. The third-order valence-corrected chi connectivity index (χ3v) is 5.48. The molecule has 0 radical (unpaired) electrons. The molecule has 0 aliphatic rings. The highest BCUT2D eigenvalue weighted by Crippen LogP contribution is 2.12. The summed E-state index contributed by atoms with van der Waals surface area (Å²) in [5, 5.41) is 26.1. The number of carbonyl (C=O) groups excluding carboxylic acids is 3. The molecule has 0 saturated carbocycles. The number of benzene rings is 1. The Morgan fingerprint density at radius 2 is 1.53 bits per heavy atom. The maximum absolute atomic E-state index is 12.6. The molecule has 0 aliphatic carbocycles. The van der Waals surface area contributed by atoms with Crippen molar-refractivity contribution in [3.63, 3.8) is 0 Å². The van der Waals surface area contributed by atoms with Crippen molar-refractivity contribution in [2.45, 2.75) is 57.8 Å². The lowest BCUT2D eigenvalue weighted by Gasteiger charge is -2.23. The summed E-state index contributed by atoms with van der Waals surface area (Å²) in [4.78, 5) is 48.8. The Morgan fingerprint density at radius 1 is 0.969 bits per heavy atom. The minimum atomic E-state index is -1.25. The van der Waals surface area contributed by atoms with E-state index in [1.807, 2.05) is 13.8 Å². The zero-order chi connectivity index (χ0) is 24.4. The van der Waals surface area contributed by atoms with Crippen LogP contribution in [0.25, 0.3) is 0 Å². The predicted molar refractivity (Wildman–Crippen MR) is 122 cm³/mol. The molecule has 10 nitrogen and oxygen atoms in total. The van der Waals surface area contributed by atoms with Crippen LogP contribution in [-0.4, -0.2) is 63.8 Å². The van der Waals surface area contributed by atoms with Gasteiger partial charge < -0.3 is 31.9 Å². The Morgan fingerprint density at radius 3 is 2.03 bits per heavy atom. The van der Waals surface area contributed by atoms with Gasteiger partial charge in [0.15, 0.2) is 0 Å². The molecule has 178 valence electrons. The van der Waals surface area contributed by atoms with Crippen LogP contribution in [0.3, 0.4) is 0 Å². The Hall–Kier alpha value is -2.79. The Balaban J connectivity index is 2.72. The highest BCUT2D eigenvalue weighted by Gasteiger charge is 2.28. The van der Waals surface area contributed by atoms with E-state index in [4.69, 9.17) is 5.73 Å². The first-order chi connectivity index (χ1) is 15.0. The largest absolute Gasteiger partial charge is 0.508 e. The van der Waals surface area contributed by atoms with Crippen molar-refractivity contribution in [1.82, 2.24) is 16.0 Å². The van der Waals surface area contributed by atoms with Gasteiger partial charge in [0.2, 0.25) is 17.7 Å². The van der Waals surface area contributed by atoms with Crippen LogP contribution in [-0.2, 0) is 25.6 Å². The van der Waals surface area contributed by atoms with E-state index in [2.05, 4.69) is 28.6 Å². The van der Waals surface area contributed by atoms with Crippen LogP contribution in [0.4, 0.5) is 0 Å². The number of aliphatic carboxylic acids is 1. The summed E-state index contributed by atoms with van der Waals surface area (Å²) in [5.74, 6) is -3.21. The lowest BCUT2D eigenvalue weighted by atomic mass is 9.99. The van der Waals surface area contributed by atoms with Crippen molar-refractivity contribution in [3.8, 4) is 5.75 Å². The molecule has 0 heterocycles. The second-order valence-electron chi connectivity index (χ2n) is 7.66. The van der Waals surface area contributed by atoms with E-state index >= 15 is 0 Å². The number of carbonyl (C=O) groups is 4. The fourth-order valence-corrected chi connectivity index (χ4v) is 2.98. The van der Waals surface area contributed by atoms with Gasteiger partial charge in [-0.2, -0.15) is 12.6 Å². The first-order valence-corrected chi connectivity index (χ1v) is 10.9. The monoisotopic (exact) mass is 468 g/mol. The maximum atomic E-state index is 12.6.